The maximum atomic E-state index is 12.0. The van der Waals surface area contributed by atoms with Crippen LogP contribution in [0.15, 0.2) is 28.8 Å². The topological polar surface area (TPSA) is 90.4 Å². The lowest BCUT2D eigenvalue weighted by atomic mass is 10.1. The molecule has 106 valence electrons. The highest BCUT2D eigenvalue weighted by Crippen LogP contribution is 2.22. The summed E-state index contributed by atoms with van der Waals surface area (Å²) in [6.45, 7) is 4.43. The molecule has 0 aliphatic carbocycles. The van der Waals surface area contributed by atoms with Crippen molar-refractivity contribution >= 4 is 11.6 Å². The molecule has 0 saturated carbocycles. The van der Waals surface area contributed by atoms with Gasteiger partial charge in [-0.25, -0.2) is 4.98 Å². The molecule has 0 aliphatic heterocycles. The van der Waals surface area contributed by atoms with E-state index >= 15 is 0 Å². The van der Waals surface area contributed by atoms with E-state index in [4.69, 9.17) is 14.9 Å². The standard InChI is InChI=1S/C14H17N3O3/c1-3-19-12-5-4-10(6-11(12)15)14(18)17-8-13-16-7-9(2)20-13/h4-7H,3,8,15H2,1-2H3,(H,17,18). The molecule has 1 aromatic carbocycles. The molecule has 0 saturated heterocycles. The molecule has 1 aromatic heterocycles. The van der Waals surface area contributed by atoms with Gasteiger partial charge in [-0.05, 0) is 32.0 Å². The summed E-state index contributed by atoms with van der Waals surface area (Å²) >= 11 is 0. The van der Waals surface area contributed by atoms with Crippen LogP contribution in [0.4, 0.5) is 5.69 Å². The Morgan fingerprint density at radius 3 is 2.90 bits per heavy atom. The molecule has 0 fully saturated rings. The van der Waals surface area contributed by atoms with Crippen molar-refractivity contribution < 1.29 is 13.9 Å². The lowest BCUT2D eigenvalue weighted by Crippen LogP contribution is -2.23. The number of aromatic nitrogens is 1. The first kappa shape index (κ1) is 13.9. The van der Waals surface area contributed by atoms with Gasteiger partial charge in [0.2, 0.25) is 5.89 Å². The van der Waals surface area contributed by atoms with Crippen LogP contribution in [0.1, 0.15) is 28.9 Å². The van der Waals surface area contributed by atoms with Crippen LogP contribution in [0.3, 0.4) is 0 Å². The molecule has 1 amide bonds. The van der Waals surface area contributed by atoms with Crippen LogP contribution in [0.5, 0.6) is 5.75 Å². The fraction of sp³-hybridized carbons (Fsp3) is 0.286. The van der Waals surface area contributed by atoms with Gasteiger partial charge in [-0.15, -0.1) is 0 Å². The number of hydrogen-bond donors (Lipinski definition) is 2. The predicted octanol–water partition coefficient (Wildman–Crippen LogP) is 1.89. The number of nitrogens with zero attached hydrogens (tertiary/aromatic N) is 1. The van der Waals surface area contributed by atoms with Crippen molar-refractivity contribution in [2.24, 2.45) is 0 Å². The number of nitrogens with two attached hydrogens (primary N) is 1. The predicted molar refractivity (Wildman–Crippen MR) is 74.4 cm³/mol. The van der Waals surface area contributed by atoms with Crippen molar-refractivity contribution in [2.75, 3.05) is 12.3 Å². The molecule has 6 nitrogen and oxygen atoms in total. The van der Waals surface area contributed by atoms with Gasteiger partial charge in [0.15, 0.2) is 0 Å². The van der Waals surface area contributed by atoms with Crippen LogP contribution in [-0.4, -0.2) is 17.5 Å². The Labute approximate surface area is 116 Å². The van der Waals surface area contributed by atoms with E-state index in [9.17, 15) is 4.79 Å². The second-order valence-corrected chi connectivity index (χ2v) is 4.23. The van der Waals surface area contributed by atoms with Gasteiger partial charge in [0.05, 0.1) is 25.0 Å². The molecule has 2 aromatic rings. The van der Waals surface area contributed by atoms with Crippen LogP contribution < -0.4 is 15.8 Å². The first-order valence-electron chi connectivity index (χ1n) is 6.32. The van der Waals surface area contributed by atoms with Gasteiger partial charge in [0, 0.05) is 5.56 Å². The fourth-order valence-corrected chi connectivity index (χ4v) is 1.72. The zero-order valence-electron chi connectivity index (χ0n) is 11.5. The number of rotatable bonds is 5. The molecule has 0 radical (unpaired) electrons. The first-order valence-corrected chi connectivity index (χ1v) is 6.32. The molecular formula is C14H17N3O3. The Hall–Kier alpha value is -2.50. The third-order valence-electron chi connectivity index (χ3n) is 2.64. The van der Waals surface area contributed by atoms with E-state index in [0.29, 0.717) is 35.3 Å². The van der Waals surface area contributed by atoms with Crippen molar-refractivity contribution in [3.63, 3.8) is 0 Å². The number of ether oxygens (including phenoxy) is 1. The summed E-state index contributed by atoms with van der Waals surface area (Å²) in [6, 6.07) is 4.93. The molecule has 3 N–H and O–H groups in total. The normalized spacial score (nSPS) is 10.3. The quantitative estimate of drug-likeness (QED) is 0.813. The number of carbonyl (C=O) groups excluding carboxylic acids is 1. The number of aryl methyl sites for hydroxylation is 1. The van der Waals surface area contributed by atoms with E-state index in [0.717, 1.165) is 0 Å². The summed E-state index contributed by atoms with van der Waals surface area (Å²) < 4.78 is 10.6. The highest BCUT2D eigenvalue weighted by Gasteiger charge is 2.10. The largest absolute Gasteiger partial charge is 0.492 e. The summed E-state index contributed by atoms with van der Waals surface area (Å²) in [5, 5.41) is 2.72. The molecule has 0 unspecified atom stereocenters. The Morgan fingerprint density at radius 2 is 2.30 bits per heavy atom. The van der Waals surface area contributed by atoms with Gasteiger partial charge in [-0.1, -0.05) is 0 Å². The van der Waals surface area contributed by atoms with Gasteiger partial charge in [0.25, 0.3) is 5.91 Å². The van der Waals surface area contributed by atoms with E-state index < -0.39 is 0 Å². The molecule has 0 atom stereocenters. The second-order valence-electron chi connectivity index (χ2n) is 4.23. The number of amides is 1. The number of nitrogens with one attached hydrogen (secondary N) is 1. The lowest BCUT2D eigenvalue weighted by molar-refractivity contribution is 0.0947. The number of benzene rings is 1. The average molecular weight is 275 g/mol. The van der Waals surface area contributed by atoms with Gasteiger partial charge in [0.1, 0.15) is 11.5 Å². The SMILES string of the molecule is CCOc1ccc(C(=O)NCc2ncc(C)o2)cc1N. The number of nitrogen functional groups attached to an aromatic ring is 1. The molecule has 1 heterocycles. The molecule has 20 heavy (non-hydrogen) atoms. The monoisotopic (exact) mass is 275 g/mol. The average Bonchev–Trinajstić information content (AvgIpc) is 2.84. The minimum absolute atomic E-state index is 0.236. The molecule has 2 rings (SSSR count). The summed E-state index contributed by atoms with van der Waals surface area (Å²) in [5.41, 5.74) is 6.72. The second kappa shape index (κ2) is 6.10. The van der Waals surface area contributed by atoms with E-state index in [1.54, 1.807) is 31.3 Å². The lowest BCUT2D eigenvalue weighted by Gasteiger charge is -2.08. The molecular weight excluding hydrogens is 258 g/mol. The minimum Gasteiger partial charge on any atom is -0.492 e. The van der Waals surface area contributed by atoms with Crippen molar-refractivity contribution in [3.05, 3.63) is 41.6 Å². The smallest absolute Gasteiger partial charge is 0.251 e. The third kappa shape index (κ3) is 3.28. The van der Waals surface area contributed by atoms with E-state index in [2.05, 4.69) is 10.3 Å². The summed E-state index contributed by atoms with van der Waals surface area (Å²) in [4.78, 5) is 16.0. The summed E-state index contributed by atoms with van der Waals surface area (Å²) in [5.74, 6) is 1.51. The third-order valence-corrected chi connectivity index (χ3v) is 2.64. The van der Waals surface area contributed by atoms with E-state index in [-0.39, 0.29) is 12.5 Å². The Kier molecular flexibility index (Phi) is 4.24. The number of hydrogen-bond acceptors (Lipinski definition) is 5. The number of anilines is 1. The van der Waals surface area contributed by atoms with Crippen LogP contribution in [0.25, 0.3) is 0 Å². The van der Waals surface area contributed by atoms with Crippen LogP contribution in [0.2, 0.25) is 0 Å². The van der Waals surface area contributed by atoms with Gasteiger partial charge in [-0.3, -0.25) is 4.79 Å². The zero-order chi connectivity index (χ0) is 14.5. The van der Waals surface area contributed by atoms with Gasteiger partial charge >= 0.3 is 0 Å². The first-order chi connectivity index (χ1) is 9.60. The minimum atomic E-state index is -0.240. The maximum absolute atomic E-state index is 12.0. The Morgan fingerprint density at radius 1 is 1.50 bits per heavy atom. The number of carbonyl (C=O) groups is 1. The van der Waals surface area contributed by atoms with Crippen molar-refractivity contribution in [3.8, 4) is 5.75 Å². The van der Waals surface area contributed by atoms with Crippen LogP contribution in [-0.2, 0) is 6.54 Å². The number of oxazole rings is 1. The Balaban J connectivity index is 2.00. The highest BCUT2D eigenvalue weighted by molar-refractivity contribution is 5.95. The van der Waals surface area contributed by atoms with Gasteiger partial charge < -0.3 is 20.2 Å². The molecule has 6 heteroatoms. The van der Waals surface area contributed by atoms with E-state index in [1.807, 2.05) is 6.92 Å². The van der Waals surface area contributed by atoms with Gasteiger partial charge in [-0.2, -0.15) is 0 Å². The van der Waals surface area contributed by atoms with Crippen molar-refractivity contribution in [1.82, 2.24) is 10.3 Å². The maximum Gasteiger partial charge on any atom is 0.251 e. The zero-order valence-corrected chi connectivity index (χ0v) is 11.5. The molecule has 0 bridgehead atoms. The molecule has 0 spiro atoms. The Bertz CT molecular complexity index is 607. The van der Waals surface area contributed by atoms with Crippen molar-refractivity contribution in [2.45, 2.75) is 20.4 Å². The van der Waals surface area contributed by atoms with Crippen molar-refractivity contribution in [1.29, 1.82) is 0 Å². The summed E-state index contributed by atoms with van der Waals surface area (Å²) in [6.07, 6.45) is 1.61. The van der Waals surface area contributed by atoms with E-state index in [1.165, 1.54) is 0 Å². The van der Waals surface area contributed by atoms with Crippen LogP contribution >= 0.6 is 0 Å². The highest BCUT2D eigenvalue weighted by atomic mass is 16.5. The molecule has 0 aliphatic rings. The van der Waals surface area contributed by atoms with Crippen LogP contribution in [0, 0.1) is 6.92 Å². The summed E-state index contributed by atoms with van der Waals surface area (Å²) in [7, 11) is 0. The fourth-order valence-electron chi connectivity index (χ4n) is 1.72.